The molecule has 1 unspecified atom stereocenters. The van der Waals surface area contributed by atoms with Gasteiger partial charge < -0.3 is 9.30 Å². The number of rotatable bonds is 6. The highest BCUT2D eigenvalue weighted by atomic mass is 16.5. The molecule has 0 radical (unpaired) electrons. The maximum absolute atomic E-state index is 12.6. The normalized spacial score (nSPS) is 13.2. The SMILES string of the molecule is CC(CCCCn1c(=O)c2c(ncn2C)n(C)c1=O)OC(=O)C(C)(C)C. The molecule has 0 aliphatic heterocycles. The second-order valence-corrected chi connectivity index (χ2v) is 7.79. The van der Waals surface area contributed by atoms with Gasteiger partial charge in [-0.1, -0.05) is 0 Å². The predicted octanol–water partition coefficient (Wildman–Crippen LogP) is 1.58. The van der Waals surface area contributed by atoms with Crippen molar-refractivity contribution in [3.63, 3.8) is 0 Å². The topological polar surface area (TPSA) is 88.1 Å². The molecule has 0 fully saturated rings. The van der Waals surface area contributed by atoms with E-state index >= 15 is 0 Å². The first-order chi connectivity index (χ1) is 12.0. The van der Waals surface area contributed by atoms with Gasteiger partial charge in [0.05, 0.1) is 17.8 Å². The number of ether oxygens (including phenoxy) is 1. The van der Waals surface area contributed by atoms with Gasteiger partial charge in [0, 0.05) is 20.6 Å². The average molecular weight is 364 g/mol. The zero-order chi connectivity index (χ0) is 19.6. The van der Waals surface area contributed by atoms with E-state index in [2.05, 4.69) is 4.98 Å². The van der Waals surface area contributed by atoms with Gasteiger partial charge >= 0.3 is 11.7 Å². The quantitative estimate of drug-likeness (QED) is 0.574. The minimum Gasteiger partial charge on any atom is -0.462 e. The van der Waals surface area contributed by atoms with E-state index < -0.39 is 5.41 Å². The van der Waals surface area contributed by atoms with Crippen molar-refractivity contribution < 1.29 is 9.53 Å². The molecule has 2 aromatic rings. The Morgan fingerprint density at radius 1 is 1.23 bits per heavy atom. The van der Waals surface area contributed by atoms with Crippen LogP contribution in [0.5, 0.6) is 0 Å². The number of esters is 1. The Morgan fingerprint density at radius 2 is 1.88 bits per heavy atom. The second-order valence-electron chi connectivity index (χ2n) is 7.79. The number of nitrogens with zero attached hydrogens (tertiary/aromatic N) is 4. The van der Waals surface area contributed by atoms with Crippen molar-refractivity contribution >= 4 is 17.1 Å². The van der Waals surface area contributed by atoms with E-state index in [1.165, 1.54) is 15.5 Å². The van der Waals surface area contributed by atoms with E-state index in [4.69, 9.17) is 4.74 Å². The van der Waals surface area contributed by atoms with Crippen molar-refractivity contribution in [1.82, 2.24) is 18.7 Å². The van der Waals surface area contributed by atoms with Gasteiger partial charge in [0.1, 0.15) is 0 Å². The summed E-state index contributed by atoms with van der Waals surface area (Å²) in [5.74, 6) is -0.225. The lowest BCUT2D eigenvalue weighted by Gasteiger charge is -2.20. The lowest BCUT2D eigenvalue weighted by Crippen LogP contribution is -2.39. The average Bonchev–Trinajstić information content (AvgIpc) is 2.93. The van der Waals surface area contributed by atoms with Gasteiger partial charge in [-0.2, -0.15) is 0 Å². The van der Waals surface area contributed by atoms with Crippen LogP contribution in [0.2, 0.25) is 0 Å². The van der Waals surface area contributed by atoms with Crippen molar-refractivity contribution in [1.29, 1.82) is 0 Å². The lowest BCUT2D eigenvalue weighted by molar-refractivity contribution is -0.158. The van der Waals surface area contributed by atoms with Crippen LogP contribution in [0.1, 0.15) is 47.0 Å². The Balaban J connectivity index is 2.01. The third-order valence-electron chi connectivity index (χ3n) is 4.36. The minimum absolute atomic E-state index is 0.194. The van der Waals surface area contributed by atoms with Crippen molar-refractivity contribution in [3.8, 4) is 0 Å². The van der Waals surface area contributed by atoms with E-state index in [0.717, 1.165) is 6.42 Å². The second kappa shape index (κ2) is 7.47. The number of carbonyl (C=O) groups is 1. The largest absolute Gasteiger partial charge is 0.462 e. The fourth-order valence-corrected chi connectivity index (χ4v) is 2.71. The van der Waals surface area contributed by atoms with E-state index in [1.807, 2.05) is 27.7 Å². The molecule has 144 valence electrons. The minimum atomic E-state index is -0.522. The molecule has 0 aliphatic carbocycles. The monoisotopic (exact) mass is 364 g/mol. The van der Waals surface area contributed by atoms with Crippen LogP contribution in [-0.2, 0) is 30.2 Å². The highest BCUT2D eigenvalue weighted by molar-refractivity contribution is 5.75. The standard InChI is InChI=1S/C18H28N4O4/c1-12(26-16(24)18(2,3)4)9-7-8-10-22-15(23)13-14(19-11-20(13)5)21(6)17(22)25/h11-12H,7-10H2,1-6H3. The molecule has 0 aliphatic rings. The van der Waals surface area contributed by atoms with Gasteiger partial charge in [-0.3, -0.25) is 18.7 Å². The molecule has 0 amide bonds. The maximum Gasteiger partial charge on any atom is 0.332 e. The molecule has 2 heterocycles. The first-order valence-electron chi connectivity index (χ1n) is 8.86. The molecular weight excluding hydrogens is 336 g/mol. The van der Waals surface area contributed by atoms with Crippen molar-refractivity contribution in [2.75, 3.05) is 0 Å². The molecule has 0 saturated heterocycles. The van der Waals surface area contributed by atoms with Gasteiger partial charge in [-0.25, -0.2) is 9.78 Å². The van der Waals surface area contributed by atoms with E-state index in [0.29, 0.717) is 30.6 Å². The molecule has 26 heavy (non-hydrogen) atoms. The molecule has 8 nitrogen and oxygen atoms in total. The number of aryl methyl sites for hydroxylation is 2. The van der Waals surface area contributed by atoms with Gasteiger partial charge in [0.15, 0.2) is 11.2 Å². The van der Waals surface area contributed by atoms with Crippen LogP contribution in [0.4, 0.5) is 0 Å². The molecule has 2 aromatic heterocycles. The summed E-state index contributed by atoms with van der Waals surface area (Å²) >= 11 is 0. The van der Waals surface area contributed by atoms with Crippen LogP contribution in [0, 0.1) is 5.41 Å². The number of carbonyl (C=O) groups excluding carboxylic acids is 1. The Hall–Kier alpha value is -2.38. The molecular formula is C18H28N4O4. The summed E-state index contributed by atoms with van der Waals surface area (Å²) in [6, 6.07) is 0. The Labute approximate surface area is 152 Å². The summed E-state index contributed by atoms with van der Waals surface area (Å²) in [7, 11) is 3.35. The van der Waals surface area contributed by atoms with Gasteiger partial charge in [-0.05, 0) is 47.0 Å². The van der Waals surface area contributed by atoms with Crippen LogP contribution in [0.25, 0.3) is 11.2 Å². The van der Waals surface area contributed by atoms with Gasteiger partial charge in [0.25, 0.3) is 5.56 Å². The Morgan fingerprint density at radius 3 is 2.50 bits per heavy atom. The fourth-order valence-electron chi connectivity index (χ4n) is 2.71. The first-order valence-corrected chi connectivity index (χ1v) is 8.86. The molecule has 8 heteroatoms. The van der Waals surface area contributed by atoms with Crippen molar-refractivity contribution in [2.45, 2.75) is 59.6 Å². The molecule has 0 saturated carbocycles. The molecule has 2 rings (SSSR count). The van der Waals surface area contributed by atoms with E-state index in [-0.39, 0.29) is 23.3 Å². The predicted molar refractivity (Wildman–Crippen MR) is 99.1 cm³/mol. The fraction of sp³-hybridized carbons (Fsp3) is 0.667. The Kier molecular flexibility index (Phi) is 5.73. The highest BCUT2D eigenvalue weighted by Crippen LogP contribution is 2.17. The summed E-state index contributed by atoms with van der Waals surface area (Å²) in [6.07, 6.45) is 3.42. The number of imidazole rings is 1. The van der Waals surface area contributed by atoms with Crippen molar-refractivity contribution in [2.24, 2.45) is 19.5 Å². The molecule has 0 bridgehead atoms. The van der Waals surface area contributed by atoms with Crippen LogP contribution in [0.3, 0.4) is 0 Å². The maximum atomic E-state index is 12.6. The van der Waals surface area contributed by atoms with Crippen LogP contribution >= 0.6 is 0 Å². The molecule has 0 N–H and O–H groups in total. The number of hydrogen-bond donors (Lipinski definition) is 0. The first kappa shape index (κ1) is 19.9. The molecule has 0 spiro atoms. The highest BCUT2D eigenvalue weighted by Gasteiger charge is 2.24. The number of aromatic nitrogens is 4. The third kappa shape index (κ3) is 4.05. The van der Waals surface area contributed by atoms with Crippen LogP contribution < -0.4 is 11.2 Å². The van der Waals surface area contributed by atoms with Crippen LogP contribution in [0.15, 0.2) is 15.9 Å². The Bertz CT molecular complexity index is 914. The third-order valence-corrected chi connectivity index (χ3v) is 4.36. The summed E-state index contributed by atoms with van der Waals surface area (Å²) in [4.78, 5) is 41.0. The summed E-state index contributed by atoms with van der Waals surface area (Å²) in [5.41, 5.74) is -0.406. The summed E-state index contributed by atoms with van der Waals surface area (Å²) < 4.78 is 9.68. The number of unbranched alkanes of at least 4 members (excludes halogenated alkanes) is 1. The lowest BCUT2D eigenvalue weighted by atomic mass is 9.97. The zero-order valence-electron chi connectivity index (χ0n) is 16.4. The van der Waals surface area contributed by atoms with E-state index in [1.54, 1.807) is 18.7 Å². The zero-order valence-corrected chi connectivity index (χ0v) is 16.4. The van der Waals surface area contributed by atoms with Crippen molar-refractivity contribution in [3.05, 3.63) is 27.2 Å². The molecule has 0 aromatic carbocycles. The summed E-state index contributed by atoms with van der Waals surface area (Å²) in [5, 5.41) is 0. The van der Waals surface area contributed by atoms with Gasteiger partial charge in [-0.15, -0.1) is 0 Å². The van der Waals surface area contributed by atoms with Crippen LogP contribution in [-0.4, -0.2) is 30.8 Å². The number of fused-ring (bicyclic) bond motifs is 1. The van der Waals surface area contributed by atoms with Gasteiger partial charge in [0.2, 0.25) is 0 Å². The summed E-state index contributed by atoms with van der Waals surface area (Å²) in [6.45, 7) is 7.64. The number of hydrogen-bond acceptors (Lipinski definition) is 5. The smallest absolute Gasteiger partial charge is 0.332 e. The van der Waals surface area contributed by atoms with E-state index in [9.17, 15) is 14.4 Å². The molecule has 1 atom stereocenters.